The second kappa shape index (κ2) is 6.92. The van der Waals surface area contributed by atoms with E-state index in [9.17, 15) is 4.79 Å². The number of hydrogen-bond donors (Lipinski definition) is 2. The summed E-state index contributed by atoms with van der Waals surface area (Å²) in [6.45, 7) is 3.59. The van der Waals surface area contributed by atoms with Gasteiger partial charge in [0.2, 0.25) is 5.91 Å². The van der Waals surface area contributed by atoms with Crippen LogP contribution in [0.3, 0.4) is 0 Å². The van der Waals surface area contributed by atoms with E-state index in [-0.39, 0.29) is 5.91 Å². The Bertz CT molecular complexity index is 436. The minimum absolute atomic E-state index is 0.0204. The largest absolute Gasteiger partial charge is 0.325 e. The van der Waals surface area contributed by atoms with E-state index < -0.39 is 0 Å². The molecule has 2 N–H and O–H groups in total. The Kier molecular flexibility index (Phi) is 5.23. The first kappa shape index (κ1) is 14.4. The average Bonchev–Trinajstić information content (AvgIpc) is 2.75. The molecular weight excluding hydrogens is 260 g/mol. The fourth-order valence-corrected chi connectivity index (χ4v) is 2.86. The zero-order valence-corrected chi connectivity index (χ0v) is 12.0. The molecule has 0 radical (unpaired) electrons. The third-order valence-corrected chi connectivity index (χ3v) is 4.07. The maximum absolute atomic E-state index is 11.8. The van der Waals surface area contributed by atoms with Crippen LogP contribution in [0.4, 0.5) is 5.69 Å². The number of nitrogens with one attached hydrogen (secondary N) is 2. The van der Waals surface area contributed by atoms with Crippen LogP contribution in [-0.2, 0) is 4.79 Å². The van der Waals surface area contributed by atoms with Crippen LogP contribution in [0.1, 0.15) is 26.2 Å². The lowest BCUT2D eigenvalue weighted by molar-refractivity contribution is -0.115. The summed E-state index contributed by atoms with van der Waals surface area (Å²) in [6.07, 6.45) is 3.92. The lowest BCUT2D eigenvalue weighted by atomic mass is 9.98. The van der Waals surface area contributed by atoms with Crippen LogP contribution in [0.25, 0.3) is 0 Å². The van der Waals surface area contributed by atoms with Crippen molar-refractivity contribution >= 4 is 23.2 Å². The summed E-state index contributed by atoms with van der Waals surface area (Å²) in [5, 5.41) is 6.71. The number of amides is 1. The van der Waals surface area contributed by atoms with E-state index in [0.29, 0.717) is 11.6 Å². The Balaban J connectivity index is 1.70. The summed E-state index contributed by atoms with van der Waals surface area (Å²) in [4.78, 5) is 11.8. The lowest BCUT2D eigenvalue weighted by Gasteiger charge is -2.15. The second-order valence-corrected chi connectivity index (χ2v) is 5.79. The number of carbonyl (C=O) groups excluding carboxylic acids is 1. The average molecular weight is 281 g/mol. The first-order chi connectivity index (χ1) is 9.15. The van der Waals surface area contributed by atoms with Gasteiger partial charge in [-0.2, -0.15) is 0 Å². The molecule has 2 atom stereocenters. The van der Waals surface area contributed by atoms with Crippen molar-refractivity contribution in [1.82, 2.24) is 5.32 Å². The molecule has 0 saturated heterocycles. The van der Waals surface area contributed by atoms with Crippen LogP contribution in [-0.4, -0.2) is 19.0 Å². The Morgan fingerprint density at radius 3 is 2.95 bits per heavy atom. The predicted octanol–water partition coefficient (Wildman–Crippen LogP) is 3.30. The highest BCUT2D eigenvalue weighted by Gasteiger charge is 2.22. The van der Waals surface area contributed by atoms with Gasteiger partial charge in [0.25, 0.3) is 0 Å². The lowest BCUT2D eigenvalue weighted by Crippen LogP contribution is -2.32. The Morgan fingerprint density at radius 2 is 2.26 bits per heavy atom. The van der Waals surface area contributed by atoms with Crippen molar-refractivity contribution in [2.45, 2.75) is 26.2 Å². The van der Waals surface area contributed by atoms with Crippen LogP contribution in [0.5, 0.6) is 0 Å². The highest BCUT2D eigenvalue weighted by atomic mass is 35.5. The summed E-state index contributed by atoms with van der Waals surface area (Å²) < 4.78 is 0. The topological polar surface area (TPSA) is 41.1 Å². The molecule has 1 aromatic rings. The molecule has 0 bridgehead atoms. The molecular formula is C15H21ClN2O. The number of hydrogen-bond acceptors (Lipinski definition) is 2. The van der Waals surface area contributed by atoms with Gasteiger partial charge in [0.05, 0.1) is 6.54 Å². The molecule has 0 aromatic heterocycles. The second-order valence-electron chi connectivity index (χ2n) is 5.36. The van der Waals surface area contributed by atoms with Gasteiger partial charge in [-0.3, -0.25) is 4.79 Å². The summed E-state index contributed by atoms with van der Waals surface area (Å²) in [7, 11) is 0. The first-order valence-electron chi connectivity index (χ1n) is 6.91. The molecule has 2 rings (SSSR count). The highest BCUT2D eigenvalue weighted by Crippen LogP contribution is 2.30. The minimum Gasteiger partial charge on any atom is -0.325 e. The van der Waals surface area contributed by atoms with Crippen molar-refractivity contribution in [2.75, 3.05) is 18.4 Å². The molecule has 104 valence electrons. The van der Waals surface area contributed by atoms with Gasteiger partial charge in [-0.05, 0) is 43.0 Å². The predicted molar refractivity (Wildman–Crippen MR) is 79.5 cm³/mol. The summed E-state index contributed by atoms with van der Waals surface area (Å²) in [6, 6.07) is 7.20. The van der Waals surface area contributed by atoms with Gasteiger partial charge in [0.15, 0.2) is 0 Å². The smallest absolute Gasteiger partial charge is 0.238 e. The van der Waals surface area contributed by atoms with Gasteiger partial charge in [-0.1, -0.05) is 37.4 Å². The number of rotatable bonds is 5. The van der Waals surface area contributed by atoms with E-state index in [1.165, 1.54) is 19.3 Å². The van der Waals surface area contributed by atoms with Crippen LogP contribution in [0, 0.1) is 11.8 Å². The monoisotopic (exact) mass is 280 g/mol. The molecule has 0 spiro atoms. The third-order valence-electron chi connectivity index (χ3n) is 3.84. The molecule has 1 aromatic carbocycles. The summed E-state index contributed by atoms with van der Waals surface area (Å²) in [5.41, 5.74) is 0.744. The van der Waals surface area contributed by atoms with E-state index in [2.05, 4.69) is 17.6 Å². The zero-order chi connectivity index (χ0) is 13.7. The maximum atomic E-state index is 11.8. The molecule has 4 heteroatoms. The minimum atomic E-state index is -0.0204. The first-order valence-corrected chi connectivity index (χ1v) is 7.29. The molecule has 1 fully saturated rings. The van der Waals surface area contributed by atoms with Gasteiger partial charge in [-0.25, -0.2) is 0 Å². The van der Waals surface area contributed by atoms with Crippen molar-refractivity contribution in [3.63, 3.8) is 0 Å². The Morgan fingerprint density at radius 1 is 1.42 bits per heavy atom. The molecule has 1 saturated carbocycles. The zero-order valence-electron chi connectivity index (χ0n) is 11.3. The SMILES string of the molecule is CC1CCCC1CNCC(=O)Nc1cccc(Cl)c1. The molecule has 1 aliphatic carbocycles. The Hall–Kier alpha value is -1.06. The van der Waals surface area contributed by atoms with Crippen molar-refractivity contribution in [3.05, 3.63) is 29.3 Å². The fourth-order valence-electron chi connectivity index (χ4n) is 2.67. The normalized spacial score (nSPS) is 22.4. The van der Waals surface area contributed by atoms with Crippen molar-refractivity contribution in [3.8, 4) is 0 Å². The quantitative estimate of drug-likeness (QED) is 0.869. The maximum Gasteiger partial charge on any atom is 0.238 e. The van der Waals surface area contributed by atoms with Crippen molar-refractivity contribution in [1.29, 1.82) is 0 Å². The number of anilines is 1. The molecule has 0 heterocycles. The van der Waals surface area contributed by atoms with E-state index in [4.69, 9.17) is 11.6 Å². The third kappa shape index (κ3) is 4.51. The van der Waals surface area contributed by atoms with Crippen LogP contribution in [0.15, 0.2) is 24.3 Å². The highest BCUT2D eigenvalue weighted by molar-refractivity contribution is 6.30. The van der Waals surface area contributed by atoms with Gasteiger partial charge < -0.3 is 10.6 Å². The van der Waals surface area contributed by atoms with Gasteiger partial charge in [-0.15, -0.1) is 0 Å². The van der Waals surface area contributed by atoms with Gasteiger partial charge in [0.1, 0.15) is 0 Å². The van der Waals surface area contributed by atoms with Gasteiger partial charge >= 0.3 is 0 Å². The van der Waals surface area contributed by atoms with Gasteiger partial charge in [0, 0.05) is 10.7 Å². The molecule has 0 aliphatic heterocycles. The Labute approximate surface area is 119 Å². The van der Waals surface area contributed by atoms with Crippen molar-refractivity contribution in [2.24, 2.45) is 11.8 Å². The molecule has 2 unspecified atom stereocenters. The summed E-state index contributed by atoms with van der Waals surface area (Å²) in [5.74, 6) is 1.48. The van der Waals surface area contributed by atoms with Crippen LogP contribution >= 0.6 is 11.6 Å². The number of carbonyl (C=O) groups is 1. The molecule has 19 heavy (non-hydrogen) atoms. The standard InChI is InChI=1S/C15H21ClN2O/c1-11-4-2-5-12(11)9-17-10-15(19)18-14-7-3-6-13(16)8-14/h3,6-8,11-12,17H,2,4-5,9-10H2,1H3,(H,18,19). The van der Waals surface area contributed by atoms with E-state index >= 15 is 0 Å². The molecule has 1 aliphatic rings. The van der Waals surface area contributed by atoms with E-state index in [0.717, 1.165) is 24.1 Å². The van der Waals surface area contributed by atoms with E-state index in [1.807, 2.05) is 12.1 Å². The van der Waals surface area contributed by atoms with E-state index in [1.54, 1.807) is 12.1 Å². The number of halogens is 1. The van der Waals surface area contributed by atoms with Crippen LogP contribution in [0.2, 0.25) is 5.02 Å². The molecule has 1 amide bonds. The van der Waals surface area contributed by atoms with Crippen LogP contribution < -0.4 is 10.6 Å². The fraction of sp³-hybridized carbons (Fsp3) is 0.533. The molecule has 3 nitrogen and oxygen atoms in total. The summed E-state index contributed by atoms with van der Waals surface area (Å²) >= 11 is 5.87. The van der Waals surface area contributed by atoms with Crippen molar-refractivity contribution < 1.29 is 4.79 Å². The number of benzene rings is 1.